The van der Waals surface area contributed by atoms with Crippen molar-refractivity contribution >= 4 is 45.2 Å². The van der Waals surface area contributed by atoms with Crippen LogP contribution in [0.25, 0.3) is 0 Å². The van der Waals surface area contributed by atoms with Crippen LogP contribution in [0.1, 0.15) is 10.4 Å². The summed E-state index contributed by atoms with van der Waals surface area (Å²) < 4.78 is 11.2. The van der Waals surface area contributed by atoms with Crippen LogP contribution in [0.2, 0.25) is 5.02 Å². The molecular weight excluding hydrogens is 414 g/mol. The zero-order chi connectivity index (χ0) is 17.5. The average Bonchev–Trinajstić information content (AvgIpc) is 2.59. The number of carbonyl (C=O) groups is 1. The number of nitrogens with one attached hydrogen (secondary N) is 1. The molecule has 0 bridgehead atoms. The van der Waals surface area contributed by atoms with Gasteiger partial charge in [-0.15, -0.1) is 11.8 Å². The van der Waals surface area contributed by atoms with Gasteiger partial charge in [0.2, 0.25) is 0 Å². The summed E-state index contributed by atoms with van der Waals surface area (Å²) in [7, 11) is 3.08. The minimum Gasteiger partial charge on any atom is -0.497 e. The predicted molar refractivity (Wildman–Crippen MR) is 102 cm³/mol. The number of hydrogen-bond donors (Lipinski definition) is 1. The Labute approximate surface area is 159 Å². The first-order valence-electron chi connectivity index (χ1n) is 7.13. The lowest BCUT2D eigenvalue weighted by molar-refractivity contribution is 0.0952. The highest BCUT2D eigenvalue weighted by molar-refractivity contribution is 9.10. The van der Waals surface area contributed by atoms with Crippen LogP contribution in [0.5, 0.6) is 11.5 Å². The van der Waals surface area contributed by atoms with Crippen LogP contribution < -0.4 is 14.8 Å². The second kappa shape index (κ2) is 9.20. The number of ether oxygens (including phenoxy) is 2. The third kappa shape index (κ3) is 5.06. The van der Waals surface area contributed by atoms with Crippen LogP contribution in [0.3, 0.4) is 0 Å². The summed E-state index contributed by atoms with van der Waals surface area (Å²) in [5.41, 5.74) is 0.431. The number of thioether (sulfide) groups is 1. The molecule has 0 spiro atoms. The first kappa shape index (κ1) is 19.0. The summed E-state index contributed by atoms with van der Waals surface area (Å²) in [5.74, 6) is 1.62. The molecule has 1 amide bonds. The lowest BCUT2D eigenvalue weighted by Crippen LogP contribution is -2.26. The molecule has 2 rings (SSSR count). The smallest absolute Gasteiger partial charge is 0.255 e. The Hall–Kier alpha value is -1.37. The number of amides is 1. The molecule has 0 fully saturated rings. The number of methoxy groups -OCH3 is 2. The lowest BCUT2D eigenvalue weighted by atomic mass is 10.1. The van der Waals surface area contributed by atoms with Crippen molar-refractivity contribution in [3.8, 4) is 11.5 Å². The van der Waals surface area contributed by atoms with Crippen molar-refractivity contribution in [2.45, 2.75) is 4.90 Å². The Morgan fingerprint density at radius 1 is 1.21 bits per heavy atom. The van der Waals surface area contributed by atoms with Crippen molar-refractivity contribution in [3.63, 3.8) is 0 Å². The molecule has 0 aromatic heterocycles. The molecule has 0 aliphatic carbocycles. The predicted octanol–water partition coefficient (Wildman–Crippen LogP) is 4.64. The topological polar surface area (TPSA) is 47.6 Å². The fourth-order valence-corrected chi connectivity index (χ4v) is 3.52. The highest BCUT2D eigenvalue weighted by Crippen LogP contribution is 2.33. The Morgan fingerprint density at radius 2 is 1.92 bits per heavy atom. The quantitative estimate of drug-likeness (QED) is 0.513. The summed E-state index contributed by atoms with van der Waals surface area (Å²) >= 11 is 10.9. The molecular formula is C17H17BrClNO3S. The summed E-state index contributed by atoms with van der Waals surface area (Å²) in [6, 6.07) is 11.0. The zero-order valence-electron chi connectivity index (χ0n) is 13.3. The third-order valence-corrected chi connectivity index (χ3v) is 5.03. The highest BCUT2D eigenvalue weighted by Gasteiger charge is 2.17. The number of halogens is 2. The minimum atomic E-state index is -0.205. The molecule has 0 aliphatic rings. The van der Waals surface area contributed by atoms with Gasteiger partial charge in [0.25, 0.3) is 5.91 Å². The van der Waals surface area contributed by atoms with Crippen LogP contribution in [-0.2, 0) is 0 Å². The Bertz CT molecular complexity index is 710. The second-order valence-electron chi connectivity index (χ2n) is 4.75. The highest BCUT2D eigenvalue weighted by atomic mass is 79.9. The molecule has 0 saturated carbocycles. The molecule has 0 unspecified atom stereocenters. The van der Waals surface area contributed by atoms with Crippen LogP contribution in [0.4, 0.5) is 0 Å². The van der Waals surface area contributed by atoms with E-state index in [1.807, 2.05) is 24.3 Å². The summed E-state index contributed by atoms with van der Waals surface area (Å²) in [6.07, 6.45) is 0. The Kier molecular flexibility index (Phi) is 7.27. The molecule has 1 N–H and O–H groups in total. The molecule has 7 heteroatoms. The molecule has 4 nitrogen and oxygen atoms in total. The zero-order valence-corrected chi connectivity index (χ0v) is 16.4. The van der Waals surface area contributed by atoms with E-state index in [9.17, 15) is 4.79 Å². The monoisotopic (exact) mass is 429 g/mol. The molecule has 2 aromatic rings. The molecule has 24 heavy (non-hydrogen) atoms. The van der Waals surface area contributed by atoms with E-state index >= 15 is 0 Å². The lowest BCUT2D eigenvalue weighted by Gasteiger charge is -2.13. The molecule has 0 aliphatic heterocycles. The van der Waals surface area contributed by atoms with Gasteiger partial charge in [-0.2, -0.15) is 0 Å². The van der Waals surface area contributed by atoms with Crippen molar-refractivity contribution in [2.75, 3.05) is 26.5 Å². The molecule has 128 valence electrons. The molecule has 0 radical (unpaired) electrons. The van der Waals surface area contributed by atoms with Crippen LogP contribution in [-0.4, -0.2) is 32.4 Å². The summed E-state index contributed by atoms with van der Waals surface area (Å²) in [4.78, 5) is 13.5. The van der Waals surface area contributed by atoms with Gasteiger partial charge in [0.05, 0.1) is 24.3 Å². The third-order valence-electron chi connectivity index (χ3n) is 3.17. The van der Waals surface area contributed by atoms with Gasteiger partial charge in [0.1, 0.15) is 11.5 Å². The van der Waals surface area contributed by atoms with E-state index in [1.54, 1.807) is 31.0 Å². The van der Waals surface area contributed by atoms with Gasteiger partial charge in [-0.3, -0.25) is 4.79 Å². The van der Waals surface area contributed by atoms with E-state index in [4.69, 9.17) is 21.1 Å². The van der Waals surface area contributed by atoms with Gasteiger partial charge >= 0.3 is 0 Å². The molecule has 2 aromatic carbocycles. The normalized spacial score (nSPS) is 10.3. The fourth-order valence-electron chi connectivity index (χ4n) is 2.02. The van der Waals surface area contributed by atoms with Crippen LogP contribution in [0, 0.1) is 0 Å². The van der Waals surface area contributed by atoms with Gasteiger partial charge in [0, 0.05) is 22.2 Å². The first-order valence-corrected chi connectivity index (χ1v) is 9.29. The van der Waals surface area contributed by atoms with Crippen molar-refractivity contribution in [1.29, 1.82) is 0 Å². The van der Waals surface area contributed by atoms with E-state index in [0.717, 1.165) is 10.6 Å². The second-order valence-corrected chi connectivity index (χ2v) is 7.21. The first-order chi connectivity index (χ1) is 11.5. The van der Waals surface area contributed by atoms with Gasteiger partial charge in [-0.1, -0.05) is 11.6 Å². The maximum atomic E-state index is 12.4. The molecule has 0 atom stereocenters. The van der Waals surface area contributed by atoms with E-state index in [-0.39, 0.29) is 5.91 Å². The van der Waals surface area contributed by atoms with E-state index < -0.39 is 0 Å². The standard InChI is InChI=1S/C17H17BrClNO3S/c1-22-12-9-14(16(23-2)15(18)10-12)17(21)20-7-8-24-13-5-3-11(19)4-6-13/h3-6,9-10H,7-8H2,1-2H3,(H,20,21). The number of carbonyl (C=O) groups excluding carboxylic acids is 1. The van der Waals surface area contributed by atoms with E-state index in [0.29, 0.717) is 33.1 Å². The maximum Gasteiger partial charge on any atom is 0.255 e. The van der Waals surface area contributed by atoms with Gasteiger partial charge in [0.15, 0.2) is 0 Å². The Morgan fingerprint density at radius 3 is 2.54 bits per heavy atom. The average molecular weight is 431 g/mol. The van der Waals surface area contributed by atoms with Crippen molar-refractivity contribution in [1.82, 2.24) is 5.32 Å². The van der Waals surface area contributed by atoms with Gasteiger partial charge in [-0.25, -0.2) is 0 Å². The van der Waals surface area contributed by atoms with Crippen molar-refractivity contribution in [2.24, 2.45) is 0 Å². The minimum absolute atomic E-state index is 0.205. The SMILES string of the molecule is COc1cc(Br)c(OC)c(C(=O)NCCSc2ccc(Cl)cc2)c1. The van der Waals surface area contributed by atoms with Gasteiger partial charge < -0.3 is 14.8 Å². The summed E-state index contributed by atoms with van der Waals surface area (Å²) in [5, 5.41) is 3.60. The van der Waals surface area contributed by atoms with E-state index in [1.165, 1.54) is 7.11 Å². The number of hydrogen-bond acceptors (Lipinski definition) is 4. The number of rotatable bonds is 7. The largest absolute Gasteiger partial charge is 0.497 e. The fraction of sp³-hybridized carbons (Fsp3) is 0.235. The van der Waals surface area contributed by atoms with Crippen molar-refractivity contribution in [3.05, 3.63) is 51.5 Å². The van der Waals surface area contributed by atoms with Crippen LogP contribution in [0.15, 0.2) is 45.8 Å². The van der Waals surface area contributed by atoms with Gasteiger partial charge in [-0.05, 0) is 52.3 Å². The number of benzene rings is 2. The summed E-state index contributed by atoms with van der Waals surface area (Å²) in [6.45, 7) is 0.532. The Balaban J connectivity index is 1.94. The molecule has 0 heterocycles. The van der Waals surface area contributed by atoms with Crippen LogP contribution >= 0.6 is 39.3 Å². The molecule has 0 saturated heterocycles. The van der Waals surface area contributed by atoms with Crippen molar-refractivity contribution < 1.29 is 14.3 Å². The maximum absolute atomic E-state index is 12.4. The van der Waals surface area contributed by atoms with E-state index in [2.05, 4.69) is 21.2 Å².